The van der Waals surface area contributed by atoms with Gasteiger partial charge in [0.05, 0.1) is 5.52 Å². The molecule has 5 rings (SSSR count). The zero-order chi connectivity index (χ0) is 20.8. The molecule has 1 aromatic carbocycles. The molecule has 5 nitrogen and oxygen atoms in total. The van der Waals surface area contributed by atoms with Gasteiger partial charge < -0.3 is 14.4 Å². The average Bonchev–Trinajstić information content (AvgIpc) is 3.40. The van der Waals surface area contributed by atoms with Crippen molar-refractivity contribution in [1.29, 1.82) is 0 Å². The molecule has 156 valence electrons. The number of nitrogens with zero attached hydrogens (tertiary/aromatic N) is 4. The Balaban J connectivity index is 1.67. The van der Waals surface area contributed by atoms with E-state index in [1.165, 1.54) is 33.3 Å². The highest BCUT2D eigenvalue weighted by Crippen LogP contribution is 2.35. The maximum atomic E-state index is 13.2. The molecule has 1 fully saturated rings. The molecule has 0 spiro atoms. The molecule has 1 saturated heterocycles. The van der Waals surface area contributed by atoms with Crippen LogP contribution in [0, 0.1) is 13.8 Å². The van der Waals surface area contributed by atoms with Gasteiger partial charge in [-0.3, -0.25) is 4.79 Å². The monoisotopic (exact) mass is 402 g/mol. The fraction of sp³-hybridized carbons (Fsp3) is 0.440. The Morgan fingerprint density at radius 1 is 1.07 bits per heavy atom. The number of carbonyl (C=O) groups is 1. The van der Waals surface area contributed by atoms with Crippen molar-refractivity contribution >= 4 is 22.6 Å². The number of hydrogen-bond acceptors (Lipinski definition) is 3. The number of rotatable bonds is 3. The predicted molar refractivity (Wildman–Crippen MR) is 121 cm³/mol. The van der Waals surface area contributed by atoms with E-state index in [4.69, 9.17) is 4.98 Å². The lowest BCUT2D eigenvalue weighted by molar-refractivity contribution is 0.0787. The third-order valence-corrected chi connectivity index (χ3v) is 6.95. The summed E-state index contributed by atoms with van der Waals surface area (Å²) < 4.78 is 2.36. The molecule has 2 aromatic heterocycles. The molecule has 2 aliphatic rings. The van der Waals surface area contributed by atoms with Gasteiger partial charge in [0.2, 0.25) is 0 Å². The molecule has 0 atom stereocenters. The van der Waals surface area contributed by atoms with Gasteiger partial charge in [-0.05, 0) is 62.8 Å². The molecular weight excluding hydrogens is 372 g/mol. The van der Waals surface area contributed by atoms with Crippen molar-refractivity contribution in [2.24, 2.45) is 0 Å². The van der Waals surface area contributed by atoms with Crippen LogP contribution in [0.2, 0.25) is 0 Å². The highest BCUT2D eigenvalue weighted by atomic mass is 16.2. The normalized spacial score (nSPS) is 16.4. The zero-order valence-electron chi connectivity index (χ0n) is 18.2. The maximum Gasteiger partial charge on any atom is 0.272 e. The number of amides is 1. The Labute approximate surface area is 178 Å². The second-order valence-electron chi connectivity index (χ2n) is 8.62. The van der Waals surface area contributed by atoms with Gasteiger partial charge in [0.15, 0.2) is 5.82 Å². The van der Waals surface area contributed by atoms with Crippen LogP contribution >= 0.6 is 0 Å². The van der Waals surface area contributed by atoms with Crippen LogP contribution in [-0.2, 0) is 19.5 Å². The molecule has 4 heterocycles. The minimum atomic E-state index is 0.0781. The van der Waals surface area contributed by atoms with E-state index in [-0.39, 0.29) is 5.91 Å². The molecule has 2 aliphatic heterocycles. The number of aryl methyl sites for hydroxylation is 2. The summed E-state index contributed by atoms with van der Waals surface area (Å²) in [4.78, 5) is 22.6. The summed E-state index contributed by atoms with van der Waals surface area (Å²) in [6.07, 6.45) is 3.19. The molecule has 0 aliphatic carbocycles. The molecule has 0 bridgehead atoms. The topological polar surface area (TPSA) is 41.4 Å². The fourth-order valence-electron chi connectivity index (χ4n) is 5.13. The van der Waals surface area contributed by atoms with Crippen LogP contribution in [0.25, 0.3) is 10.9 Å². The molecule has 0 radical (unpaired) electrons. The van der Waals surface area contributed by atoms with Gasteiger partial charge in [-0.1, -0.05) is 24.3 Å². The van der Waals surface area contributed by atoms with E-state index >= 15 is 0 Å². The zero-order valence-corrected chi connectivity index (χ0v) is 18.2. The van der Waals surface area contributed by atoms with E-state index in [9.17, 15) is 4.79 Å². The van der Waals surface area contributed by atoms with Gasteiger partial charge in [0, 0.05) is 43.8 Å². The number of hydrogen-bond donors (Lipinski definition) is 0. The number of carbonyl (C=O) groups excluding carboxylic acids is 1. The summed E-state index contributed by atoms with van der Waals surface area (Å²) in [5, 5.41) is 1.17. The first kappa shape index (κ1) is 19.2. The highest BCUT2D eigenvalue weighted by Gasteiger charge is 2.27. The number of aromatic nitrogens is 2. The second kappa shape index (κ2) is 7.46. The quantitative estimate of drug-likeness (QED) is 0.649. The van der Waals surface area contributed by atoms with E-state index in [1.807, 2.05) is 11.0 Å². The van der Waals surface area contributed by atoms with E-state index in [0.29, 0.717) is 5.69 Å². The lowest BCUT2D eigenvalue weighted by Crippen LogP contribution is -2.33. The third kappa shape index (κ3) is 2.99. The fourth-order valence-corrected chi connectivity index (χ4v) is 5.13. The van der Waals surface area contributed by atoms with Crippen molar-refractivity contribution < 1.29 is 4.79 Å². The van der Waals surface area contributed by atoms with Gasteiger partial charge in [-0.15, -0.1) is 0 Å². The largest absolute Gasteiger partial charge is 0.350 e. The Hall–Kier alpha value is -2.82. The molecular formula is C25H30N4O. The number of pyridine rings is 1. The van der Waals surface area contributed by atoms with Gasteiger partial charge in [0.1, 0.15) is 5.69 Å². The van der Waals surface area contributed by atoms with Gasteiger partial charge >= 0.3 is 0 Å². The van der Waals surface area contributed by atoms with Gasteiger partial charge in [-0.25, -0.2) is 4.98 Å². The Morgan fingerprint density at radius 3 is 2.53 bits per heavy atom. The molecule has 1 amide bonds. The molecule has 0 unspecified atom stereocenters. The van der Waals surface area contributed by atoms with E-state index in [2.05, 4.69) is 54.5 Å². The van der Waals surface area contributed by atoms with E-state index in [0.717, 1.165) is 57.8 Å². The minimum absolute atomic E-state index is 0.0781. The second-order valence-corrected chi connectivity index (χ2v) is 8.62. The summed E-state index contributed by atoms with van der Waals surface area (Å²) in [5.74, 6) is 1.04. The smallest absolute Gasteiger partial charge is 0.272 e. The molecule has 30 heavy (non-hydrogen) atoms. The van der Waals surface area contributed by atoms with Crippen LogP contribution in [0.4, 0.5) is 5.82 Å². The lowest BCUT2D eigenvalue weighted by Gasteiger charge is -2.31. The number of likely N-dealkylation sites (tertiary alicyclic amines) is 1. The van der Waals surface area contributed by atoms with Crippen molar-refractivity contribution in [2.75, 3.05) is 24.5 Å². The van der Waals surface area contributed by atoms with Crippen molar-refractivity contribution in [3.63, 3.8) is 0 Å². The average molecular weight is 403 g/mol. The summed E-state index contributed by atoms with van der Waals surface area (Å²) in [5.41, 5.74) is 7.06. The Bertz CT molecular complexity index is 1120. The van der Waals surface area contributed by atoms with Crippen molar-refractivity contribution in [3.8, 4) is 0 Å². The first-order chi connectivity index (χ1) is 14.6. The molecule has 0 saturated carbocycles. The maximum absolute atomic E-state index is 13.2. The first-order valence-electron chi connectivity index (χ1n) is 11.2. The lowest BCUT2D eigenvalue weighted by atomic mass is 10.00. The third-order valence-electron chi connectivity index (χ3n) is 6.95. The Kier molecular flexibility index (Phi) is 4.76. The van der Waals surface area contributed by atoms with Crippen LogP contribution < -0.4 is 4.90 Å². The summed E-state index contributed by atoms with van der Waals surface area (Å²) in [6, 6.07) is 10.7. The van der Waals surface area contributed by atoms with E-state index in [1.54, 1.807) is 0 Å². The molecule has 5 heteroatoms. The number of anilines is 1. The van der Waals surface area contributed by atoms with E-state index < -0.39 is 0 Å². The number of fused-ring (bicyclic) bond motifs is 2. The van der Waals surface area contributed by atoms with Crippen molar-refractivity contribution in [2.45, 2.75) is 53.1 Å². The van der Waals surface area contributed by atoms with Crippen LogP contribution in [0.5, 0.6) is 0 Å². The van der Waals surface area contributed by atoms with Crippen LogP contribution in [0.3, 0.4) is 0 Å². The van der Waals surface area contributed by atoms with Crippen molar-refractivity contribution in [1.82, 2.24) is 14.5 Å². The van der Waals surface area contributed by atoms with Crippen LogP contribution in [-0.4, -0.2) is 40.0 Å². The molecule has 0 N–H and O–H groups in total. The van der Waals surface area contributed by atoms with Crippen LogP contribution in [0.1, 0.15) is 52.6 Å². The predicted octanol–water partition coefficient (Wildman–Crippen LogP) is 4.47. The minimum Gasteiger partial charge on any atom is -0.350 e. The number of benzene rings is 1. The van der Waals surface area contributed by atoms with Gasteiger partial charge in [-0.2, -0.15) is 0 Å². The SMILES string of the molecule is CCn1c(C)c(C)c2cc(C(=O)N3CCCC3)nc(N3CCc4ccccc4C3)c21. The summed E-state index contributed by atoms with van der Waals surface area (Å²) in [7, 11) is 0. The highest BCUT2D eigenvalue weighted by molar-refractivity contribution is 6.01. The summed E-state index contributed by atoms with van der Waals surface area (Å²) >= 11 is 0. The van der Waals surface area contributed by atoms with Gasteiger partial charge in [0.25, 0.3) is 5.91 Å². The standard InChI is InChI=1S/C25H30N4O/c1-4-29-18(3)17(2)21-15-22(25(30)27-12-7-8-13-27)26-24(23(21)29)28-14-11-19-9-5-6-10-20(19)16-28/h5-6,9-10,15H,4,7-8,11-14,16H2,1-3H3. The van der Waals surface area contributed by atoms with Crippen LogP contribution in [0.15, 0.2) is 30.3 Å². The summed E-state index contributed by atoms with van der Waals surface area (Å²) in [6.45, 7) is 10.9. The Morgan fingerprint density at radius 2 is 1.80 bits per heavy atom. The molecule has 3 aromatic rings. The first-order valence-corrected chi connectivity index (χ1v) is 11.2. The van der Waals surface area contributed by atoms with Crippen molar-refractivity contribution in [3.05, 3.63) is 58.4 Å².